The monoisotopic (exact) mass is 343 g/mol. The molecule has 6 heteroatoms. The van der Waals surface area contributed by atoms with Crippen molar-refractivity contribution in [1.29, 1.82) is 0 Å². The highest BCUT2D eigenvalue weighted by Gasteiger charge is 2.28. The van der Waals surface area contributed by atoms with Gasteiger partial charge in [0.25, 0.3) is 5.91 Å². The van der Waals surface area contributed by atoms with E-state index in [1.54, 1.807) is 18.3 Å². The lowest BCUT2D eigenvalue weighted by Crippen LogP contribution is -2.35. The minimum absolute atomic E-state index is 0.135. The van der Waals surface area contributed by atoms with Gasteiger partial charge in [-0.1, -0.05) is 35.0 Å². The SMILES string of the molecule is O=C(NCCCc1ccccn1)C1CC(c2ccc(Cl)cc2)=NO1. The van der Waals surface area contributed by atoms with Crippen LogP contribution in [0.2, 0.25) is 5.02 Å². The van der Waals surface area contributed by atoms with Crippen LogP contribution in [-0.4, -0.2) is 29.3 Å². The Morgan fingerprint density at radius 3 is 2.83 bits per heavy atom. The average Bonchev–Trinajstić information content (AvgIpc) is 3.10. The first-order chi connectivity index (χ1) is 11.7. The molecule has 124 valence electrons. The minimum atomic E-state index is -0.564. The molecule has 2 heterocycles. The fourth-order valence-electron chi connectivity index (χ4n) is 2.47. The molecule has 1 N–H and O–H groups in total. The van der Waals surface area contributed by atoms with E-state index in [0.717, 1.165) is 29.8 Å². The van der Waals surface area contributed by atoms with Gasteiger partial charge in [0.15, 0.2) is 0 Å². The molecule has 0 fully saturated rings. The number of benzene rings is 1. The lowest BCUT2D eigenvalue weighted by Gasteiger charge is -2.09. The predicted octanol–water partition coefficient (Wildman–Crippen LogP) is 2.98. The summed E-state index contributed by atoms with van der Waals surface area (Å²) in [5, 5.41) is 7.57. The molecule has 5 nitrogen and oxygen atoms in total. The Hall–Kier alpha value is -2.40. The molecule has 0 saturated heterocycles. The van der Waals surface area contributed by atoms with Gasteiger partial charge in [-0.15, -0.1) is 0 Å². The molecule has 1 atom stereocenters. The topological polar surface area (TPSA) is 63.6 Å². The smallest absolute Gasteiger partial charge is 0.264 e. The van der Waals surface area contributed by atoms with E-state index in [2.05, 4.69) is 15.5 Å². The number of aryl methyl sites for hydroxylation is 1. The van der Waals surface area contributed by atoms with E-state index >= 15 is 0 Å². The molecule has 0 bridgehead atoms. The molecule has 0 spiro atoms. The van der Waals surface area contributed by atoms with Crippen molar-refractivity contribution in [2.24, 2.45) is 5.16 Å². The molecular formula is C18H18ClN3O2. The van der Waals surface area contributed by atoms with Crippen LogP contribution < -0.4 is 5.32 Å². The van der Waals surface area contributed by atoms with Gasteiger partial charge in [-0.2, -0.15) is 0 Å². The minimum Gasteiger partial charge on any atom is -0.382 e. The van der Waals surface area contributed by atoms with Gasteiger partial charge in [0.2, 0.25) is 6.10 Å². The third-order valence-corrected chi connectivity index (χ3v) is 4.03. The lowest BCUT2D eigenvalue weighted by atomic mass is 10.0. The van der Waals surface area contributed by atoms with Crippen molar-refractivity contribution in [2.45, 2.75) is 25.4 Å². The van der Waals surface area contributed by atoms with Crippen LogP contribution in [-0.2, 0) is 16.1 Å². The van der Waals surface area contributed by atoms with Crippen LogP contribution in [0.5, 0.6) is 0 Å². The Morgan fingerprint density at radius 1 is 1.25 bits per heavy atom. The first-order valence-corrected chi connectivity index (χ1v) is 8.26. The molecule has 2 aromatic rings. The zero-order valence-corrected chi connectivity index (χ0v) is 13.9. The maximum absolute atomic E-state index is 12.1. The van der Waals surface area contributed by atoms with Crippen molar-refractivity contribution in [3.8, 4) is 0 Å². The van der Waals surface area contributed by atoms with Crippen molar-refractivity contribution in [3.05, 3.63) is 64.9 Å². The number of hydrogen-bond acceptors (Lipinski definition) is 4. The number of halogens is 1. The normalized spacial score (nSPS) is 16.4. The zero-order valence-electron chi connectivity index (χ0n) is 13.1. The van der Waals surface area contributed by atoms with Crippen molar-refractivity contribution in [1.82, 2.24) is 10.3 Å². The molecule has 0 radical (unpaired) electrons. The number of carbonyl (C=O) groups is 1. The van der Waals surface area contributed by atoms with Gasteiger partial charge in [0.05, 0.1) is 5.71 Å². The molecule has 3 rings (SSSR count). The number of oxime groups is 1. The quantitative estimate of drug-likeness (QED) is 0.820. The third-order valence-electron chi connectivity index (χ3n) is 3.77. The third kappa shape index (κ3) is 4.32. The van der Waals surface area contributed by atoms with Crippen molar-refractivity contribution >= 4 is 23.2 Å². The molecule has 0 aliphatic carbocycles. The molecule has 1 aliphatic heterocycles. The second-order valence-electron chi connectivity index (χ2n) is 5.56. The zero-order chi connectivity index (χ0) is 16.8. The molecule has 0 saturated carbocycles. The van der Waals surface area contributed by atoms with Gasteiger partial charge >= 0.3 is 0 Å². The summed E-state index contributed by atoms with van der Waals surface area (Å²) in [6.07, 6.45) is 3.34. The van der Waals surface area contributed by atoms with E-state index in [9.17, 15) is 4.79 Å². The number of rotatable bonds is 6. The van der Waals surface area contributed by atoms with Gasteiger partial charge in [-0.3, -0.25) is 9.78 Å². The first-order valence-electron chi connectivity index (χ1n) is 7.88. The summed E-state index contributed by atoms with van der Waals surface area (Å²) in [5.74, 6) is -0.135. The van der Waals surface area contributed by atoms with Gasteiger partial charge in [-0.25, -0.2) is 0 Å². The molecule has 1 aromatic heterocycles. The molecule has 24 heavy (non-hydrogen) atoms. The van der Waals surface area contributed by atoms with Crippen molar-refractivity contribution in [2.75, 3.05) is 6.54 Å². The summed E-state index contributed by atoms with van der Waals surface area (Å²) in [4.78, 5) is 21.7. The highest BCUT2D eigenvalue weighted by molar-refractivity contribution is 6.30. The largest absolute Gasteiger partial charge is 0.382 e. The Labute approximate surface area is 145 Å². The number of aromatic nitrogens is 1. The lowest BCUT2D eigenvalue weighted by molar-refractivity contribution is -0.131. The van der Waals surface area contributed by atoms with Crippen molar-refractivity contribution in [3.63, 3.8) is 0 Å². The van der Waals surface area contributed by atoms with Crippen LogP contribution >= 0.6 is 11.6 Å². The number of nitrogens with one attached hydrogen (secondary N) is 1. The Balaban J connectivity index is 1.41. The molecule has 1 aliphatic rings. The van der Waals surface area contributed by atoms with Crippen LogP contribution in [0.1, 0.15) is 24.1 Å². The van der Waals surface area contributed by atoms with E-state index in [1.807, 2.05) is 30.3 Å². The van der Waals surface area contributed by atoms with E-state index in [-0.39, 0.29) is 5.91 Å². The second kappa shape index (κ2) is 7.93. The Bertz CT molecular complexity index is 717. The summed E-state index contributed by atoms with van der Waals surface area (Å²) in [5.41, 5.74) is 2.71. The Kier molecular flexibility index (Phi) is 5.43. The van der Waals surface area contributed by atoms with Crippen LogP contribution in [0.3, 0.4) is 0 Å². The van der Waals surface area contributed by atoms with Gasteiger partial charge < -0.3 is 10.2 Å². The number of amides is 1. The maximum atomic E-state index is 12.1. The van der Waals surface area contributed by atoms with Crippen molar-refractivity contribution < 1.29 is 9.63 Å². The molecule has 1 aromatic carbocycles. The molecule has 1 unspecified atom stereocenters. The Morgan fingerprint density at radius 2 is 2.08 bits per heavy atom. The molecular weight excluding hydrogens is 326 g/mol. The summed E-state index contributed by atoms with van der Waals surface area (Å²) >= 11 is 5.87. The van der Waals surface area contributed by atoms with Crippen LogP contribution in [0, 0.1) is 0 Å². The number of carbonyl (C=O) groups excluding carboxylic acids is 1. The van der Waals surface area contributed by atoms with E-state index in [1.165, 1.54) is 0 Å². The highest BCUT2D eigenvalue weighted by atomic mass is 35.5. The van der Waals surface area contributed by atoms with E-state index in [0.29, 0.717) is 18.0 Å². The first kappa shape index (κ1) is 16.5. The van der Waals surface area contributed by atoms with E-state index in [4.69, 9.17) is 16.4 Å². The van der Waals surface area contributed by atoms with Crippen LogP contribution in [0.4, 0.5) is 0 Å². The summed E-state index contributed by atoms with van der Waals surface area (Å²) in [6.45, 7) is 0.589. The standard InChI is InChI=1S/C18H18ClN3O2/c19-14-8-6-13(7-9-14)16-12-17(24-22-16)18(23)21-11-3-5-15-4-1-2-10-20-15/h1-2,4,6-10,17H,3,5,11-12H2,(H,21,23). The maximum Gasteiger partial charge on any atom is 0.264 e. The number of hydrogen-bond donors (Lipinski definition) is 1. The molecule has 1 amide bonds. The summed E-state index contributed by atoms with van der Waals surface area (Å²) in [6, 6.07) is 13.2. The number of pyridine rings is 1. The second-order valence-corrected chi connectivity index (χ2v) is 6.00. The van der Waals surface area contributed by atoms with Gasteiger partial charge in [0.1, 0.15) is 0 Å². The van der Waals surface area contributed by atoms with Crippen LogP contribution in [0.25, 0.3) is 0 Å². The average molecular weight is 344 g/mol. The van der Waals surface area contributed by atoms with Gasteiger partial charge in [0, 0.05) is 29.9 Å². The highest BCUT2D eigenvalue weighted by Crippen LogP contribution is 2.18. The fraction of sp³-hybridized carbons (Fsp3) is 0.278. The van der Waals surface area contributed by atoms with Crippen LogP contribution in [0.15, 0.2) is 53.8 Å². The predicted molar refractivity (Wildman–Crippen MR) is 93.0 cm³/mol. The summed E-state index contributed by atoms with van der Waals surface area (Å²) < 4.78 is 0. The number of nitrogens with zero attached hydrogens (tertiary/aromatic N) is 2. The van der Waals surface area contributed by atoms with Gasteiger partial charge in [-0.05, 0) is 42.7 Å². The fourth-order valence-corrected chi connectivity index (χ4v) is 2.60. The summed E-state index contributed by atoms with van der Waals surface area (Å²) in [7, 11) is 0. The van der Waals surface area contributed by atoms with E-state index < -0.39 is 6.10 Å².